The van der Waals surface area contributed by atoms with Crippen LogP contribution in [0, 0.1) is 22.0 Å². The monoisotopic (exact) mass is 452 g/mol. The van der Waals surface area contributed by atoms with Gasteiger partial charge in [-0.1, -0.05) is 23.7 Å². The first-order valence-electron chi connectivity index (χ1n) is 10.4. The highest BCUT2D eigenvalue weighted by Crippen LogP contribution is 2.61. The predicted octanol–water partition coefficient (Wildman–Crippen LogP) is 2.68. The van der Waals surface area contributed by atoms with Crippen LogP contribution in [0.1, 0.15) is 18.4 Å². The SMILES string of the molecule is O=C1[C@@H]2[C@@H]3CCCN3[C@]3(C(=O)Nc4c(Cl)cccc43)[C@H]2C(=O)N1c1ccc([N+](=O)[O-])cc1. The number of carbonyl (C=O) groups excluding carboxylic acids is 3. The van der Waals surface area contributed by atoms with E-state index in [1.54, 1.807) is 18.2 Å². The van der Waals surface area contributed by atoms with Crippen molar-refractivity contribution in [2.24, 2.45) is 11.8 Å². The number of nitro groups is 1. The summed E-state index contributed by atoms with van der Waals surface area (Å²) < 4.78 is 0. The smallest absolute Gasteiger partial charge is 0.269 e. The molecule has 32 heavy (non-hydrogen) atoms. The molecule has 0 aliphatic carbocycles. The first kappa shape index (κ1) is 19.4. The van der Waals surface area contributed by atoms with Crippen molar-refractivity contribution in [2.45, 2.75) is 24.4 Å². The first-order valence-corrected chi connectivity index (χ1v) is 10.7. The number of benzene rings is 2. The van der Waals surface area contributed by atoms with E-state index in [0.717, 1.165) is 11.3 Å². The van der Waals surface area contributed by atoms with Crippen LogP contribution in [0.2, 0.25) is 5.02 Å². The lowest BCUT2D eigenvalue weighted by Gasteiger charge is -2.36. The minimum Gasteiger partial charge on any atom is -0.323 e. The van der Waals surface area contributed by atoms with Gasteiger partial charge >= 0.3 is 0 Å². The van der Waals surface area contributed by atoms with E-state index in [2.05, 4.69) is 5.32 Å². The van der Waals surface area contributed by atoms with Crippen LogP contribution in [0.25, 0.3) is 0 Å². The molecule has 6 rings (SSSR count). The topological polar surface area (TPSA) is 113 Å². The Balaban J connectivity index is 1.52. The lowest BCUT2D eigenvalue weighted by Crippen LogP contribution is -2.54. The Bertz CT molecular complexity index is 1230. The van der Waals surface area contributed by atoms with Crippen LogP contribution in [-0.4, -0.2) is 40.1 Å². The minimum absolute atomic E-state index is 0.134. The van der Waals surface area contributed by atoms with E-state index in [1.165, 1.54) is 24.3 Å². The van der Waals surface area contributed by atoms with Gasteiger partial charge in [-0.25, -0.2) is 4.90 Å². The summed E-state index contributed by atoms with van der Waals surface area (Å²) in [4.78, 5) is 54.5. The summed E-state index contributed by atoms with van der Waals surface area (Å²) in [5.41, 5.74) is -0.0517. The van der Waals surface area contributed by atoms with Gasteiger partial charge in [0.2, 0.25) is 11.8 Å². The quantitative estimate of drug-likeness (QED) is 0.426. The Morgan fingerprint density at radius 2 is 1.84 bits per heavy atom. The molecule has 3 saturated heterocycles. The number of nitro benzene ring substituents is 1. The van der Waals surface area contributed by atoms with Gasteiger partial charge in [-0.2, -0.15) is 0 Å². The van der Waals surface area contributed by atoms with Crippen molar-refractivity contribution < 1.29 is 19.3 Å². The van der Waals surface area contributed by atoms with Crippen molar-refractivity contribution in [1.82, 2.24) is 4.90 Å². The fourth-order valence-corrected chi connectivity index (χ4v) is 6.39. The van der Waals surface area contributed by atoms with Crippen molar-refractivity contribution in [3.05, 3.63) is 63.2 Å². The average Bonchev–Trinajstić information content (AvgIpc) is 3.47. The van der Waals surface area contributed by atoms with Crippen LogP contribution < -0.4 is 10.2 Å². The van der Waals surface area contributed by atoms with E-state index in [-0.39, 0.29) is 29.2 Å². The number of hydrogen-bond donors (Lipinski definition) is 1. The van der Waals surface area contributed by atoms with Gasteiger partial charge < -0.3 is 5.32 Å². The number of non-ortho nitro benzene ring substituents is 1. The zero-order valence-corrected chi connectivity index (χ0v) is 17.4. The van der Waals surface area contributed by atoms with Gasteiger partial charge in [-0.05, 0) is 37.6 Å². The Kier molecular flexibility index (Phi) is 3.86. The van der Waals surface area contributed by atoms with Crippen molar-refractivity contribution in [3.8, 4) is 0 Å². The van der Waals surface area contributed by atoms with Gasteiger partial charge in [0.1, 0.15) is 5.54 Å². The number of halogens is 1. The van der Waals surface area contributed by atoms with E-state index in [4.69, 9.17) is 11.6 Å². The van der Waals surface area contributed by atoms with E-state index in [9.17, 15) is 24.5 Å². The molecule has 0 saturated carbocycles. The Hall–Kier alpha value is -3.30. The van der Waals surface area contributed by atoms with Gasteiger partial charge in [0.25, 0.3) is 11.6 Å². The van der Waals surface area contributed by atoms with Crippen LogP contribution >= 0.6 is 11.6 Å². The number of nitrogens with zero attached hydrogens (tertiary/aromatic N) is 3. The lowest BCUT2D eigenvalue weighted by molar-refractivity contribution is -0.384. The molecule has 2 aromatic rings. The van der Waals surface area contributed by atoms with E-state index in [1.807, 2.05) is 4.90 Å². The number of nitrogens with one attached hydrogen (secondary N) is 1. The predicted molar refractivity (Wildman–Crippen MR) is 114 cm³/mol. The molecule has 4 heterocycles. The molecule has 4 aliphatic rings. The number of carbonyl (C=O) groups is 3. The molecule has 3 amide bonds. The molecule has 0 aromatic heterocycles. The summed E-state index contributed by atoms with van der Waals surface area (Å²) in [6, 6.07) is 10.3. The summed E-state index contributed by atoms with van der Waals surface area (Å²) in [5.74, 6) is -2.74. The van der Waals surface area contributed by atoms with Crippen molar-refractivity contribution in [2.75, 3.05) is 16.8 Å². The molecule has 0 unspecified atom stereocenters. The van der Waals surface area contributed by atoms with Gasteiger partial charge in [-0.15, -0.1) is 0 Å². The fourth-order valence-electron chi connectivity index (χ4n) is 6.17. The van der Waals surface area contributed by atoms with Crippen molar-refractivity contribution >= 4 is 46.4 Å². The van der Waals surface area contributed by atoms with Crippen molar-refractivity contribution in [1.29, 1.82) is 0 Å². The summed E-state index contributed by atoms with van der Waals surface area (Å²) in [6.07, 6.45) is 1.52. The molecule has 2 aromatic carbocycles. The summed E-state index contributed by atoms with van der Waals surface area (Å²) in [7, 11) is 0. The summed E-state index contributed by atoms with van der Waals surface area (Å²) >= 11 is 6.36. The molecule has 0 bridgehead atoms. The minimum atomic E-state index is -1.30. The number of imide groups is 1. The highest BCUT2D eigenvalue weighted by molar-refractivity contribution is 6.35. The molecule has 0 radical (unpaired) electrons. The zero-order valence-electron chi connectivity index (χ0n) is 16.7. The Morgan fingerprint density at radius 3 is 2.56 bits per heavy atom. The highest BCUT2D eigenvalue weighted by Gasteiger charge is 2.74. The second-order valence-electron chi connectivity index (χ2n) is 8.57. The molecule has 1 spiro atoms. The molecular weight excluding hydrogens is 436 g/mol. The summed E-state index contributed by atoms with van der Waals surface area (Å²) in [5, 5.41) is 14.2. The molecule has 3 fully saturated rings. The second kappa shape index (κ2) is 6.36. The number of hydrogen-bond acceptors (Lipinski definition) is 6. The van der Waals surface area contributed by atoms with E-state index < -0.39 is 28.2 Å². The Morgan fingerprint density at radius 1 is 1.09 bits per heavy atom. The maximum absolute atomic E-state index is 13.8. The third-order valence-electron chi connectivity index (χ3n) is 7.30. The van der Waals surface area contributed by atoms with Crippen LogP contribution in [0.3, 0.4) is 0 Å². The number of anilines is 2. The van der Waals surface area contributed by atoms with Crippen LogP contribution in [0.15, 0.2) is 42.5 Å². The molecule has 10 heteroatoms. The molecule has 4 atom stereocenters. The van der Waals surface area contributed by atoms with E-state index >= 15 is 0 Å². The largest absolute Gasteiger partial charge is 0.323 e. The maximum Gasteiger partial charge on any atom is 0.269 e. The third kappa shape index (κ3) is 2.14. The number of fused-ring (bicyclic) bond motifs is 7. The Labute approximate surface area is 187 Å². The number of para-hydroxylation sites is 1. The summed E-state index contributed by atoms with van der Waals surface area (Å²) in [6.45, 7) is 0.606. The van der Waals surface area contributed by atoms with Crippen LogP contribution in [0.5, 0.6) is 0 Å². The average molecular weight is 453 g/mol. The standard InChI is InChI=1S/C22H17ClN4O5/c23-14-4-1-3-13-18(14)24-21(30)22(13)17-16(15-5-2-10-25(15)22)19(28)26(20(17)29)11-6-8-12(9-7-11)27(31)32/h1,3-4,6-9,15-17H,2,5,10H2,(H,24,30)/t15-,16+,17+,22-/m0/s1. The fraction of sp³-hybridized carbons (Fsp3) is 0.318. The second-order valence-corrected chi connectivity index (χ2v) is 8.98. The lowest BCUT2D eigenvalue weighted by atomic mass is 9.75. The van der Waals surface area contributed by atoms with E-state index in [0.29, 0.717) is 29.2 Å². The van der Waals surface area contributed by atoms with Gasteiger partial charge in [0, 0.05) is 23.7 Å². The molecule has 162 valence electrons. The molecule has 4 aliphatic heterocycles. The van der Waals surface area contributed by atoms with Crippen molar-refractivity contribution in [3.63, 3.8) is 0 Å². The highest BCUT2D eigenvalue weighted by atomic mass is 35.5. The normalized spacial score (nSPS) is 30.6. The zero-order chi connectivity index (χ0) is 22.4. The first-order chi connectivity index (χ1) is 15.4. The third-order valence-corrected chi connectivity index (χ3v) is 7.61. The van der Waals surface area contributed by atoms with Gasteiger partial charge in [0.15, 0.2) is 0 Å². The molecule has 1 N–H and O–H groups in total. The molecular formula is C22H17ClN4O5. The van der Waals surface area contributed by atoms with Crippen LogP contribution in [0.4, 0.5) is 17.1 Å². The molecule has 9 nitrogen and oxygen atoms in total. The number of rotatable bonds is 2. The van der Waals surface area contributed by atoms with Gasteiger partial charge in [0.05, 0.1) is 33.2 Å². The van der Waals surface area contributed by atoms with Crippen LogP contribution in [-0.2, 0) is 19.9 Å². The van der Waals surface area contributed by atoms with Gasteiger partial charge in [-0.3, -0.25) is 29.4 Å². The number of amides is 3. The maximum atomic E-state index is 13.8.